The van der Waals surface area contributed by atoms with Crippen molar-refractivity contribution in [2.45, 2.75) is 6.18 Å². The third-order valence-electron chi connectivity index (χ3n) is 3.86. The highest BCUT2D eigenvalue weighted by Gasteiger charge is 2.52. The maximum atomic E-state index is 12.9. The number of nitro benzene ring substituents is 1. The number of hydrogen-bond donors (Lipinski definition) is 1. The molecule has 1 saturated heterocycles. The highest BCUT2D eigenvalue weighted by molar-refractivity contribution is 5.85. The average molecular weight is 385 g/mol. The molecule has 1 fully saturated rings. The Kier molecular flexibility index (Phi) is 7.00. The number of carboxylic acids is 1. The molecule has 1 aromatic rings. The first-order valence-electron chi connectivity index (χ1n) is 7.07. The van der Waals surface area contributed by atoms with E-state index in [1.165, 1.54) is 29.2 Å². The van der Waals surface area contributed by atoms with Crippen LogP contribution in [-0.4, -0.2) is 53.3 Å². The van der Waals surface area contributed by atoms with E-state index in [1.807, 2.05) is 0 Å². The molecular formula is C14H16ClF3N2O5. The highest BCUT2D eigenvalue weighted by Crippen LogP contribution is 2.37. The smallest absolute Gasteiger partial charge is 0.393 e. The van der Waals surface area contributed by atoms with Crippen LogP contribution in [-0.2, 0) is 4.79 Å². The number of benzene rings is 1. The fourth-order valence-corrected chi connectivity index (χ4v) is 2.61. The molecule has 1 aromatic carbocycles. The molecule has 0 amide bonds. The van der Waals surface area contributed by atoms with E-state index in [0.29, 0.717) is 5.75 Å². The standard InChI is InChI=1S/C14H15F3N2O5.ClH/c15-14(16,17)12-8-18(7-11(12)13(20)21)5-6-24-10-3-1-9(2-4-10)19(22)23;/h1-4,11-12H,5-8H2,(H,20,21);1H/t11-,12-;/m1./s1. The molecule has 0 aromatic heterocycles. The lowest BCUT2D eigenvalue weighted by Crippen LogP contribution is -2.33. The van der Waals surface area contributed by atoms with Gasteiger partial charge in [0.05, 0.1) is 16.8 Å². The first-order valence-corrected chi connectivity index (χ1v) is 7.07. The van der Waals surface area contributed by atoms with E-state index in [-0.39, 0.29) is 44.3 Å². The topological polar surface area (TPSA) is 92.9 Å². The second kappa shape index (κ2) is 8.34. The molecule has 1 heterocycles. The van der Waals surface area contributed by atoms with Crippen molar-refractivity contribution >= 4 is 24.1 Å². The van der Waals surface area contributed by atoms with Crippen molar-refractivity contribution in [1.29, 1.82) is 0 Å². The Morgan fingerprint density at radius 2 is 1.92 bits per heavy atom. The summed E-state index contributed by atoms with van der Waals surface area (Å²) in [6.07, 6.45) is -4.56. The zero-order chi connectivity index (χ0) is 17.9. The van der Waals surface area contributed by atoms with Gasteiger partial charge in [-0.1, -0.05) is 0 Å². The van der Waals surface area contributed by atoms with E-state index in [1.54, 1.807) is 0 Å². The molecule has 1 aliphatic heterocycles. The highest BCUT2D eigenvalue weighted by atomic mass is 35.5. The SMILES string of the molecule is Cl.O=C(O)[C@@H]1CN(CCOc2ccc([N+](=O)[O-])cc2)C[C@H]1C(F)(F)F. The summed E-state index contributed by atoms with van der Waals surface area (Å²) in [6.45, 7) is -0.394. The fourth-order valence-electron chi connectivity index (χ4n) is 2.61. The van der Waals surface area contributed by atoms with Gasteiger partial charge in [0.2, 0.25) is 0 Å². The number of nitro groups is 1. The molecule has 2 atom stereocenters. The number of alkyl halides is 3. The number of halogens is 4. The Bertz CT molecular complexity index is 611. The van der Waals surface area contributed by atoms with Crippen LogP contribution >= 0.6 is 12.4 Å². The molecule has 1 N–H and O–H groups in total. The molecule has 0 radical (unpaired) electrons. The first-order chi connectivity index (χ1) is 11.2. The molecule has 0 aliphatic carbocycles. The third kappa shape index (κ3) is 5.46. The fraction of sp³-hybridized carbons (Fsp3) is 0.500. The van der Waals surface area contributed by atoms with E-state index in [4.69, 9.17) is 9.84 Å². The lowest BCUT2D eigenvalue weighted by molar-refractivity contribution is -0.384. The van der Waals surface area contributed by atoms with E-state index < -0.39 is 28.9 Å². The van der Waals surface area contributed by atoms with Crippen LogP contribution in [0.25, 0.3) is 0 Å². The number of likely N-dealkylation sites (tertiary alicyclic amines) is 1. The summed E-state index contributed by atoms with van der Waals surface area (Å²) in [5, 5.41) is 19.4. The normalized spacial score (nSPS) is 20.8. The van der Waals surface area contributed by atoms with Gasteiger partial charge in [-0.2, -0.15) is 13.2 Å². The minimum Gasteiger partial charge on any atom is -0.492 e. The van der Waals surface area contributed by atoms with Crippen molar-refractivity contribution in [3.05, 3.63) is 34.4 Å². The van der Waals surface area contributed by atoms with Crippen molar-refractivity contribution in [2.75, 3.05) is 26.2 Å². The maximum Gasteiger partial charge on any atom is 0.393 e. The number of non-ortho nitro benzene ring substituents is 1. The molecule has 7 nitrogen and oxygen atoms in total. The number of aliphatic carboxylic acids is 1. The van der Waals surface area contributed by atoms with Crippen LogP contribution < -0.4 is 4.74 Å². The lowest BCUT2D eigenvalue weighted by atomic mass is 9.96. The molecule has 140 valence electrons. The average Bonchev–Trinajstić information content (AvgIpc) is 2.92. The molecule has 0 saturated carbocycles. The Labute approximate surface area is 146 Å². The van der Waals surface area contributed by atoms with Crippen molar-refractivity contribution in [2.24, 2.45) is 11.8 Å². The summed E-state index contributed by atoms with van der Waals surface area (Å²) in [6, 6.07) is 5.29. The second-order valence-electron chi connectivity index (χ2n) is 5.45. The molecule has 11 heteroatoms. The zero-order valence-electron chi connectivity index (χ0n) is 12.8. The number of carboxylic acid groups (broad SMARTS) is 1. The third-order valence-corrected chi connectivity index (χ3v) is 3.86. The largest absolute Gasteiger partial charge is 0.492 e. The van der Waals surface area contributed by atoms with E-state index >= 15 is 0 Å². The minimum absolute atomic E-state index is 0. The minimum atomic E-state index is -4.56. The van der Waals surface area contributed by atoms with Gasteiger partial charge in [0, 0.05) is 31.8 Å². The van der Waals surface area contributed by atoms with Gasteiger partial charge in [-0.3, -0.25) is 19.8 Å². The van der Waals surface area contributed by atoms with Gasteiger partial charge in [0.15, 0.2) is 0 Å². The molecule has 0 unspecified atom stereocenters. The number of rotatable bonds is 6. The first kappa shape index (κ1) is 21.0. The van der Waals surface area contributed by atoms with Crippen LogP contribution in [0.1, 0.15) is 0 Å². The van der Waals surface area contributed by atoms with Crippen LogP contribution in [0.4, 0.5) is 18.9 Å². The summed E-state index contributed by atoms with van der Waals surface area (Å²) < 4.78 is 43.9. The van der Waals surface area contributed by atoms with Crippen molar-refractivity contribution in [3.63, 3.8) is 0 Å². The molecule has 1 aliphatic rings. The van der Waals surface area contributed by atoms with Gasteiger partial charge >= 0.3 is 12.1 Å². The number of ether oxygens (including phenoxy) is 1. The Morgan fingerprint density at radius 3 is 2.36 bits per heavy atom. The molecular weight excluding hydrogens is 369 g/mol. The van der Waals surface area contributed by atoms with Crippen molar-refractivity contribution in [1.82, 2.24) is 4.90 Å². The van der Waals surface area contributed by atoms with E-state index in [0.717, 1.165) is 0 Å². The van der Waals surface area contributed by atoms with Crippen LogP contribution in [0.5, 0.6) is 5.75 Å². The van der Waals surface area contributed by atoms with Gasteiger partial charge in [-0.05, 0) is 12.1 Å². The molecule has 2 rings (SSSR count). The molecule has 0 spiro atoms. The monoisotopic (exact) mass is 384 g/mol. The maximum absolute atomic E-state index is 12.9. The summed E-state index contributed by atoms with van der Waals surface area (Å²) in [5.41, 5.74) is -0.0980. The number of hydrogen-bond acceptors (Lipinski definition) is 5. The second-order valence-corrected chi connectivity index (χ2v) is 5.45. The predicted octanol–water partition coefficient (Wildman–Crippen LogP) is 2.59. The van der Waals surface area contributed by atoms with Gasteiger partial charge in [0.1, 0.15) is 12.4 Å². The summed E-state index contributed by atoms with van der Waals surface area (Å²) >= 11 is 0. The predicted molar refractivity (Wildman–Crippen MR) is 83.0 cm³/mol. The lowest BCUT2D eigenvalue weighted by Gasteiger charge is -2.18. The van der Waals surface area contributed by atoms with E-state index in [2.05, 4.69) is 0 Å². The van der Waals surface area contributed by atoms with E-state index in [9.17, 15) is 28.1 Å². The Morgan fingerprint density at radius 1 is 1.32 bits per heavy atom. The Balaban J connectivity index is 0.00000312. The van der Waals surface area contributed by atoms with Gasteiger partial charge in [-0.15, -0.1) is 12.4 Å². The summed E-state index contributed by atoms with van der Waals surface area (Å²) in [4.78, 5) is 22.3. The van der Waals surface area contributed by atoms with Gasteiger partial charge in [0.25, 0.3) is 5.69 Å². The van der Waals surface area contributed by atoms with Crippen LogP contribution in [0.15, 0.2) is 24.3 Å². The van der Waals surface area contributed by atoms with Gasteiger partial charge < -0.3 is 9.84 Å². The summed E-state index contributed by atoms with van der Waals surface area (Å²) in [7, 11) is 0. The quantitative estimate of drug-likeness (QED) is 0.598. The van der Waals surface area contributed by atoms with Crippen molar-refractivity contribution < 1.29 is 32.7 Å². The molecule has 25 heavy (non-hydrogen) atoms. The number of carbonyl (C=O) groups is 1. The van der Waals surface area contributed by atoms with Crippen LogP contribution in [0, 0.1) is 22.0 Å². The van der Waals surface area contributed by atoms with Gasteiger partial charge in [-0.25, -0.2) is 0 Å². The van der Waals surface area contributed by atoms with Crippen LogP contribution in [0.2, 0.25) is 0 Å². The van der Waals surface area contributed by atoms with Crippen LogP contribution in [0.3, 0.4) is 0 Å². The Hall–Kier alpha value is -2.07. The number of nitrogens with zero attached hydrogens (tertiary/aromatic N) is 2. The van der Waals surface area contributed by atoms with Crippen molar-refractivity contribution in [3.8, 4) is 5.75 Å². The zero-order valence-corrected chi connectivity index (χ0v) is 13.6. The molecule has 0 bridgehead atoms. The summed E-state index contributed by atoms with van der Waals surface area (Å²) in [5.74, 6) is -4.49.